The van der Waals surface area contributed by atoms with Gasteiger partial charge >= 0.3 is 0 Å². The zero-order valence-corrected chi connectivity index (χ0v) is 26.0. The molecule has 0 aliphatic heterocycles. The number of nitrogens with zero attached hydrogens (tertiary/aromatic N) is 1. The fraction of sp³-hybridized carbons (Fsp3) is 0.424. The second-order valence-corrected chi connectivity index (χ2v) is 10.9. The standard InChI is InChI=1S/C31H41N3O3S.C2H6/c1-7-11-24-16-17-25(36-22(5)15-14-21(4)32)18-27(24)34(8-2)29-19-28(30(38-29)31(33)35)37-23(6)26-13-10-9-12-20(26)3;1-2/h8-10,12-13,16-19,21-23H,2,7,11,14-15,32H2,1,3-6H3,(H2,33,35);1-2H3. The number of carbonyl (C=O) groups is 1. The molecule has 4 N–H and O–H groups in total. The van der Waals surface area contributed by atoms with E-state index in [-0.39, 0.29) is 18.2 Å². The summed E-state index contributed by atoms with van der Waals surface area (Å²) in [5.74, 6) is 0.723. The lowest BCUT2D eigenvalue weighted by atomic mass is 10.0. The number of carbonyl (C=O) groups excluding carboxylic acids is 1. The Kier molecular flexibility index (Phi) is 13.2. The summed E-state index contributed by atoms with van der Waals surface area (Å²) in [4.78, 5) is 14.8. The molecule has 0 bridgehead atoms. The van der Waals surface area contributed by atoms with Gasteiger partial charge in [-0.1, -0.05) is 64.1 Å². The van der Waals surface area contributed by atoms with Crippen LogP contribution in [0.3, 0.4) is 0 Å². The van der Waals surface area contributed by atoms with Crippen LogP contribution in [-0.4, -0.2) is 18.1 Å². The Balaban J connectivity index is 0.00000274. The van der Waals surface area contributed by atoms with Gasteiger partial charge in [0.15, 0.2) is 0 Å². The van der Waals surface area contributed by atoms with Crippen LogP contribution in [0.15, 0.2) is 61.3 Å². The summed E-state index contributed by atoms with van der Waals surface area (Å²) in [6, 6.07) is 16.2. The van der Waals surface area contributed by atoms with Crippen LogP contribution in [0, 0.1) is 6.92 Å². The summed E-state index contributed by atoms with van der Waals surface area (Å²) in [7, 11) is 0. The van der Waals surface area contributed by atoms with Crippen molar-refractivity contribution in [2.75, 3.05) is 4.90 Å². The van der Waals surface area contributed by atoms with Crippen molar-refractivity contribution in [3.63, 3.8) is 0 Å². The van der Waals surface area contributed by atoms with E-state index in [0.717, 1.165) is 58.8 Å². The molecule has 3 aromatic rings. The third-order valence-electron chi connectivity index (χ3n) is 6.46. The van der Waals surface area contributed by atoms with Crippen LogP contribution < -0.4 is 25.8 Å². The Labute approximate surface area is 245 Å². The van der Waals surface area contributed by atoms with Gasteiger partial charge in [-0.2, -0.15) is 0 Å². The number of aryl methyl sites for hydroxylation is 2. The molecule has 218 valence electrons. The molecule has 1 amide bonds. The summed E-state index contributed by atoms with van der Waals surface area (Å²) in [6.45, 7) is 18.3. The second-order valence-electron chi connectivity index (χ2n) is 9.84. The third-order valence-corrected chi connectivity index (χ3v) is 7.59. The molecule has 0 radical (unpaired) electrons. The Hall–Kier alpha value is -3.29. The Bertz CT molecular complexity index is 1240. The summed E-state index contributed by atoms with van der Waals surface area (Å²) < 4.78 is 12.5. The second kappa shape index (κ2) is 16.1. The highest BCUT2D eigenvalue weighted by Crippen LogP contribution is 2.42. The molecule has 0 fully saturated rings. The molecule has 7 heteroatoms. The van der Waals surface area contributed by atoms with E-state index in [9.17, 15) is 4.79 Å². The van der Waals surface area contributed by atoms with Gasteiger partial charge in [-0.15, -0.1) is 11.3 Å². The molecule has 2 aromatic carbocycles. The fourth-order valence-corrected chi connectivity index (χ4v) is 5.41. The first-order chi connectivity index (χ1) is 19.1. The number of ether oxygens (including phenoxy) is 2. The van der Waals surface area contributed by atoms with E-state index in [1.807, 2.05) is 82.0 Å². The monoisotopic (exact) mass is 565 g/mol. The smallest absolute Gasteiger partial charge is 0.262 e. The van der Waals surface area contributed by atoms with Crippen molar-refractivity contribution < 1.29 is 14.3 Å². The van der Waals surface area contributed by atoms with E-state index >= 15 is 0 Å². The molecule has 6 nitrogen and oxygen atoms in total. The van der Waals surface area contributed by atoms with Gasteiger partial charge < -0.3 is 25.8 Å². The van der Waals surface area contributed by atoms with Crippen molar-refractivity contribution in [1.82, 2.24) is 0 Å². The molecule has 0 aliphatic rings. The van der Waals surface area contributed by atoms with Crippen LogP contribution in [0.2, 0.25) is 0 Å². The van der Waals surface area contributed by atoms with E-state index in [1.165, 1.54) is 11.3 Å². The molecule has 40 heavy (non-hydrogen) atoms. The van der Waals surface area contributed by atoms with Gasteiger partial charge in [0.2, 0.25) is 0 Å². The SMILES string of the molecule is C=CN(c1cc(OC(C)c2ccccc2C)c(C(N)=O)s1)c1cc(OC(C)CCC(C)N)ccc1CCC.CC. The first-order valence-electron chi connectivity index (χ1n) is 14.3. The number of primary amides is 1. The lowest BCUT2D eigenvalue weighted by Crippen LogP contribution is -2.20. The minimum atomic E-state index is -0.522. The fourth-order valence-electron chi connectivity index (χ4n) is 4.45. The number of hydrogen-bond donors (Lipinski definition) is 2. The minimum Gasteiger partial charge on any atom is -0.491 e. The number of hydrogen-bond acceptors (Lipinski definition) is 6. The molecular weight excluding hydrogens is 518 g/mol. The molecule has 1 heterocycles. The van der Waals surface area contributed by atoms with Gasteiger partial charge in [-0.3, -0.25) is 4.79 Å². The summed E-state index contributed by atoms with van der Waals surface area (Å²) in [5, 5.41) is 0.792. The Morgan fingerprint density at radius 2 is 1.77 bits per heavy atom. The van der Waals surface area contributed by atoms with Crippen molar-refractivity contribution in [2.45, 2.75) is 92.4 Å². The van der Waals surface area contributed by atoms with Crippen LogP contribution in [0.5, 0.6) is 11.5 Å². The summed E-state index contributed by atoms with van der Waals surface area (Å²) >= 11 is 1.29. The number of benzene rings is 2. The van der Waals surface area contributed by atoms with Crippen molar-refractivity contribution >= 4 is 27.9 Å². The van der Waals surface area contributed by atoms with Crippen molar-refractivity contribution in [2.24, 2.45) is 11.5 Å². The molecular formula is C33H47N3O3S. The van der Waals surface area contributed by atoms with Gasteiger partial charge in [-0.05, 0) is 69.7 Å². The van der Waals surface area contributed by atoms with Gasteiger partial charge in [-0.25, -0.2) is 0 Å². The molecule has 1 aromatic heterocycles. The average molecular weight is 566 g/mol. The molecule has 0 saturated heterocycles. The topological polar surface area (TPSA) is 90.8 Å². The first kappa shape index (κ1) is 32.9. The van der Waals surface area contributed by atoms with Gasteiger partial charge in [0, 0.05) is 24.4 Å². The van der Waals surface area contributed by atoms with E-state index in [4.69, 9.17) is 20.9 Å². The molecule has 0 saturated carbocycles. The van der Waals surface area contributed by atoms with Crippen molar-refractivity contribution in [3.05, 3.63) is 82.9 Å². The maximum absolute atomic E-state index is 12.4. The van der Waals surface area contributed by atoms with Crippen LogP contribution in [-0.2, 0) is 6.42 Å². The van der Waals surface area contributed by atoms with Gasteiger partial charge in [0.25, 0.3) is 5.91 Å². The lowest BCUT2D eigenvalue weighted by Gasteiger charge is -2.24. The maximum atomic E-state index is 12.4. The highest BCUT2D eigenvalue weighted by atomic mass is 32.1. The predicted molar refractivity (Wildman–Crippen MR) is 170 cm³/mol. The summed E-state index contributed by atoms with van der Waals surface area (Å²) in [5.41, 5.74) is 16.0. The number of anilines is 2. The van der Waals surface area contributed by atoms with Crippen LogP contribution >= 0.6 is 11.3 Å². The van der Waals surface area contributed by atoms with Crippen LogP contribution in [0.4, 0.5) is 10.7 Å². The largest absolute Gasteiger partial charge is 0.491 e. The van der Waals surface area contributed by atoms with E-state index in [0.29, 0.717) is 10.6 Å². The Morgan fingerprint density at radius 1 is 1.07 bits per heavy atom. The van der Waals surface area contributed by atoms with Crippen molar-refractivity contribution in [1.29, 1.82) is 0 Å². The molecule has 3 unspecified atom stereocenters. The van der Waals surface area contributed by atoms with Crippen LogP contribution in [0.1, 0.15) is 93.3 Å². The normalized spacial score (nSPS) is 12.9. The average Bonchev–Trinajstić information content (AvgIpc) is 3.34. The molecule has 3 rings (SSSR count). The van der Waals surface area contributed by atoms with Crippen molar-refractivity contribution in [3.8, 4) is 11.5 Å². The lowest BCUT2D eigenvalue weighted by molar-refractivity contribution is 0.0998. The number of rotatable bonds is 14. The number of nitrogens with two attached hydrogens (primary N) is 2. The molecule has 0 aliphatic carbocycles. The third kappa shape index (κ3) is 8.86. The highest BCUT2D eigenvalue weighted by molar-refractivity contribution is 7.18. The van der Waals surface area contributed by atoms with Crippen LogP contribution in [0.25, 0.3) is 0 Å². The first-order valence-corrected chi connectivity index (χ1v) is 15.1. The van der Waals surface area contributed by atoms with Gasteiger partial charge in [0.1, 0.15) is 27.5 Å². The zero-order chi connectivity index (χ0) is 29.8. The Morgan fingerprint density at radius 3 is 2.38 bits per heavy atom. The van der Waals surface area contributed by atoms with E-state index < -0.39 is 5.91 Å². The molecule has 0 spiro atoms. The quantitative estimate of drug-likeness (QED) is 0.205. The highest BCUT2D eigenvalue weighted by Gasteiger charge is 2.23. The summed E-state index contributed by atoms with van der Waals surface area (Å²) in [6.07, 6.45) is 5.19. The number of amides is 1. The van der Waals surface area contributed by atoms with E-state index in [2.05, 4.69) is 26.5 Å². The van der Waals surface area contributed by atoms with Gasteiger partial charge in [0.05, 0.1) is 11.8 Å². The maximum Gasteiger partial charge on any atom is 0.262 e. The van der Waals surface area contributed by atoms with E-state index in [1.54, 1.807) is 6.20 Å². The number of thiophene rings is 1. The zero-order valence-electron chi connectivity index (χ0n) is 25.2. The molecule has 3 atom stereocenters. The minimum absolute atomic E-state index is 0.0363. The predicted octanol–water partition coefficient (Wildman–Crippen LogP) is 8.45.